The predicted molar refractivity (Wildman–Crippen MR) is 99.3 cm³/mol. The largest absolute Gasteiger partial charge is 0.427 e. The van der Waals surface area contributed by atoms with Crippen molar-refractivity contribution in [2.45, 2.75) is 31.6 Å². The number of rotatable bonds is 4. The molecule has 5 nitrogen and oxygen atoms in total. The number of aryl methyl sites for hydroxylation is 1. The Morgan fingerprint density at radius 3 is 2.23 bits per heavy atom. The summed E-state index contributed by atoms with van der Waals surface area (Å²) in [6.07, 6.45) is 1.69. The van der Waals surface area contributed by atoms with Crippen molar-refractivity contribution in [3.8, 4) is 5.75 Å². The molecule has 2 aromatic carbocycles. The predicted octanol–water partition coefficient (Wildman–Crippen LogP) is 3.61. The molecule has 1 atom stereocenters. The van der Waals surface area contributed by atoms with Gasteiger partial charge in [0.2, 0.25) is 0 Å². The van der Waals surface area contributed by atoms with Crippen molar-refractivity contribution < 1.29 is 17.9 Å². The van der Waals surface area contributed by atoms with Gasteiger partial charge in [0.1, 0.15) is 5.75 Å². The Bertz CT molecular complexity index is 944. The van der Waals surface area contributed by atoms with Gasteiger partial charge in [0, 0.05) is 25.6 Å². The first-order valence-electron chi connectivity index (χ1n) is 8.32. The number of benzene rings is 2. The van der Waals surface area contributed by atoms with Gasteiger partial charge in [-0.3, -0.25) is 9.10 Å². The van der Waals surface area contributed by atoms with Crippen LogP contribution in [-0.2, 0) is 14.8 Å². The highest BCUT2D eigenvalue weighted by Crippen LogP contribution is 2.34. The molecular weight excluding hydrogens is 350 g/mol. The lowest BCUT2D eigenvalue weighted by Gasteiger charge is -2.19. The lowest BCUT2D eigenvalue weighted by atomic mass is 9.95. The maximum Gasteiger partial charge on any atom is 0.308 e. The summed E-state index contributed by atoms with van der Waals surface area (Å²) in [4.78, 5) is 11.3. The fraction of sp³-hybridized carbons (Fsp3) is 0.250. The zero-order valence-corrected chi connectivity index (χ0v) is 15.8. The average Bonchev–Trinajstić information content (AvgIpc) is 2.98. The van der Waals surface area contributed by atoms with Crippen molar-refractivity contribution in [2.75, 3.05) is 6.54 Å². The van der Waals surface area contributed by atoms with Crippen LogP contribution in [0.5, 0.6) is 5.75 Å². The maximum atomic E-state index is 12.9. The highest BCUT2D eigenvalue weighted by atomic mass is 32.2. The Labute approximate surface area is 154 Å². The van der Waals surface area contributed by atoms with Gasteiger partial charge in [0.15, 0.2) is 0 Å². The summed E-state index contributed by atoms with van der Waals surface area (Å²) in [5.41, 5.74) is 2.97. The maximum absolute atomic E-state index is 12.9. The molecule has 1 aliphatic heterocycles. The van der Waals surface area contributed by atoms with Crippen LogP contribution in [0, 0.1) is 6.92 Å². The third-order valence-corrected chi connectivity index (χ3v) is 6.17. The van der Waals surface area contributed by atoms with Gasteiger partial charge < -0.3 is 4.74 Å². The minimum absolute atomic E-state index is 0.0263. The number of carbonyl (C=O) groups excluding carboxylic acids is 1. The van der Waals surface area contributed by atoms with Crippen LogP contribution in [0.15, 0.2) is 65.2 Å². The number of hydrogen-bond donors (Lipinski definition) is 0. The van der Waals surface area contributed by atoms with Crippen LogP contribution in [0.1, 0.15) is 30.9 Å². The Morgan fingerprint density at radius 1 is 1.04 bits per heavy atom. The van der Waals surface area contributed by atoms with E-state index in [1.807, 2.05) is 26.0 Å². The summed E-state index contributed by atoms with van der Waals surface area (Å²) in [5, 5.41) is 0. The molecule has 0 saturated carbocycles. The van der Waals surface area contributed by atoms with Crippen molar-refractivity contribution in [3.63, 3.8) is 0 Å². The van der Waals surface area contributed by atoms with Crippen molar-refractivity contribution in [1.82, 2.24) is 4.31 Å². The van der Waals surface area contributed by atoms with Crippen molar-refractivity contribution in [3.05, 3.63) is 71.4 Å². The summed E-state index contributed by atoms with van der Waals surface area (Å²) >= 11 is 0. The first-order chi connectivity index (χ1) is 12.3. The van der Waals surface area contributed by atoms with Crippen molar-refractivity contribution in [1.29, 1.82) is 0 Å². The summed E-state index contributed by atoms with van der Waals surface area (Å²) in [6.45, 7) is 5.56. The third-order valence-electron chi connectivity index (χ3n) is 4.43. The number of sulfonamides is 1. The second-order valence-electron chi connectivity index (χ2n) is 6.48. The van der Waals surface area contributed by atoms with E-state index >= 15 is 0 Å². The van der Waals surface area contributed by atoms with Gasteiger partial charge in [-0.2, -0.15) is 0 Å². The zero-order valence-electron chi connectivity index (χ0n) is 15.0. The van der Waals surface area contributed by atoms with Crippen LogP contribution >= 0.6 is 0 Å². The minimum atomic E-state index is -3.57. The van der Waals surface area contributed by atoms with Crippen LogP contribution in [0.3, 0.4) is 0 Å². The number of carbonyl (C=O) groups is 1. The van der Waals surface area contributed by atoms with Crippen molar-refractivity contribution >= 4 is 16.0 Å². The van der Waals surface area contributed by atoms with Crippen molar-refractivity contribution in [2.24, 2.45) is 0 Å². The molecule has 26 heavy (non-hydrogen) atoms. The molecule has 0 spiro atoms. The van der Waals surface area contributed by atoms with Gasteiger partial charge in [-0.05, 0) is 49.2 Å². The first kappa shape index (κ1) is 18.2. The summed E-state index contributed by atoms with van der Waals surface area (Å²) in [6, 6.07) is 14.0. The van der Waals surface area contributed by atoms with Gasteiger partial charge in [0.25, 0.3) is 10.0 Å². The second-order valence-corrected chi connectivity index (χ2v) is 8.37. The summed E-state index contributed by atoms with van der Waals surface area (Å²) in [5.74, 6) is 0.0803. The molecule has 0 amide bonds. The molecule has 6 heteroatoms. The van der Waals surface area contributed by atoms with Gasteiger partial charge >= 0.3 is 5.97 Å². The number of esters is 1. The number of ether oxygens (including phenoxy) is 1. The number of nitrogens with zero attached hydrogens (tertiary/aromatic N) is 1. The number of hydrogen-bond acceptors (Lipinski definition) is 4. The molecule has 1 heterocycles. The minimum Gasteiger partial charge on any atom is -0.427 e. The van der Waals surface area contributed by atoms with E-state index in [1.54, 1.807) is 42.6 Å². The Balaban J connectivity index is 1.81. The monoisotopic (exact) mass is 371 g/mol. The Morgan fingerprint density at radius 2 is 1.65 bits per heavy atom. The SMILES string of the molecule is CC(=O)Oc1ccc(C2CN(S(=O)(=O)c3ccc(C)cc3)C=C2C)cc1. The van der Waals surface area contributed by atoms with Gasteiger partial charge in [-0.1, -0.05) is 29.8 Å². The Hall–Kier alpha value is -2.60. The molecule has 3 rings (SSSR count). The molecular formula is C20H21NO4S. The topological polar surface area (TPSA) is 63.7 Å². The molecule has 1 unspecified atom stereocenters. The standard InChI is InChI=1S/C20H21NO4S/c1-14-4-10-19(11-5-14)26(23,24)21-12-15(2)20(13-21)17-6-8-18(9-7-17)25-16(3)22/h4-12,20H,13H2,1-3H3. The van der Waals surface area contributed by atoms with E-state index in [0.29, 0.717) is 12.3 Å². The molecule has 0 bridgehead atoms. The normalized spacial score (nSPS) is 17.1. The molecule has 0 N–H and O–H groups in total. The van der Waals surface area contributed by atoms with E-state index in [1.165, 1.54) is 11.2 Å². The van der Waals surface area contributed by atoms with Crippen LogP contribution in [0.2, 0.25) is 0 Å². The van der Waals surface area contributed by atoms with E-state index in [4.69, 9.17) is 4.74 Å². The molecule has 1 aliphatic rings. The van der Waals surface area contributed by atoms with E-state index in [9.17, 15) is 13.2 Å². The van der Waals surface area contributed by atoms with Crippen LogP contribution in [0.4, 0.5) is 0 Å². The lowest BCUT2D eigenvalue weighted by molar-refractivity contribution is -0.131. The first-order valence-corrected chi connectivity index (χ1v) is 9.76. The zero-order chi connectivity index (χ0) is 18.9. The molecule has 136 valence electrons. The molecule has 0 fully saturated rings. The summed E-state index contributed by atoms with van der Waals surface area (Å²) < 4.78 is 32.2. The second kappa shape index (κ2) is 6.96. The van der Waals surface area contributed by atoms with E-state index in [0.717, 1.165) is 16.7 Å². The summed E-state index contributed by atoms with van der Waals surface area (Å²) in [7, 11) is -3.57. The van der Waals surface area contributed by atoms with E-state index in [-0.39, 0.29) is 16.8 Å². The fourth-order valence-corrected chi connectivity index (χ4v) is 4.41. The van der Waals surface area contributed by atoms with E-state index in [2.05, 4.69) is 0 Å². The van der Waals surface area contributed by atoms with Crippen LogP contribution in [0.25, 0.3) is 0 Å². The quantitative estimate of drug-likeness (QED) is 0.608. The lowest BCUT2D eigenvalue weighted by Crippen LogP contribution is -2.26. The third kappa shape index (κ3) is 3.65. The molecule has 0 saturated heterocycles. The van der Waals surface area contributed by atoms with Gasteiger partial charge in [-0.15, -0.1) is 0 Å². The fourth-order valence-electron chi connectivity index (χ4n) is 3.01. The van der Waals surface area contributed by atoms with Gasteiger partial charge in [0.05, 0.1) is 4.90 Å². The molecule has 0 radical (unpaired) electrons. The smallest absolute Gasteiger partial charge is 0.308 e. The molecule has 2 aromatic rings. The van der Waals surface area contributed by atoms with Crippen LogP contribution in [-0.4, -0.2) is 25.2 Å². The van der Waals surface area contributed by atoms with Crippen LogP contribution < -0.4 is 4.74 Å². The Kier molecular flexibility index (Phi) is 4.87. The highest BCUT2D eigenvalue weighted by Gasteiger charge is 2.31. The van der Waals surface area contributed by atoms with E-state index < -0.39 is 10.0 Å². The highest BCUT2D eigenvalue weighted by molar-refractivity contribution is 7.89. The molecule has 0 aliphatic carbocycles. The average molecular weight is 371 g/mol. The van der Waals surface area contributed by atoms with Gasteiger partial charge in [-0.25, -0.2) is 8.42 Å². The molecule has 0 aromatic heterocycles.